The number of hydrogen-bond acceptors (Lipinski definition) is 3. The van der Waals surface area contributed by atoms with Crippen molar-refractivity contribution < 1.29 is 14.3 Å². The van der Waals surface area contributed by atoms with Gasteiger partial charge in [0.2, 0.25) is 0 Å². The number of hydrogen-bond donors (Lipinski definition) is 1. The summed E-state index contributed by atoms with van der Waals surface area (Å²) in [7, 11) is -1.55. The van der Waals surface area contributed by atoms with Crippen LogP contribution in [0.15, 0.2) is 60.7 Å². The van der Waals surface area contributed by atoms with Crippen LogP contribution in [0.2, 0.25) is 0 Å². The Labute approximate surface area is 101 Å². The Bertz CT molecular complexity index is 383. The molecule has 0 atom stereocenters. The molecule has 88 valence electrons. The summed E-state index contributed by atoms with van der Waals surface area (Å²) in [6.07, 6.45) is 0. The van der Waals surface area contributed by atoms with E-state index in [2.05, 4.69) is 0 Å². The Morgan fingerprint density at radius 1 is 0.706 bits per heavy atom. The van der Waals surface area contributed by atoms with Crippen LogP contribution in [0.4, 0.5) is 0 Å². The molecule has 0 heterocycles. The first-order valence-corrected chi connectivity index (χ1v) is 4.94. The fraction of sp³-hybridized carbons (Fsp3) is 0. The van der Waals surface area contributed by atoms with Gasteiger partial charge in [-0.15, -0.1) is 0 Å². The highest BCUT2D eigenvalue weighted by atomic mass is 16.7. The standard InChI is InChI=1S/C12H10BO3.H3N/c14-13(15-11-7-3-1-4-8-11)16-12-9-5-2-6-10-12;/h1-10H;1H3/q-1;/p+1. The van der Waals surface area contributed by atoms with E-state index in [-0.39, 0.29) is 6.15 Å². The highest BCUT2D eigenvalue weighted by Gasteiger charge is 2.05. The van der Waals surface area contributed by atoms with Crippen molar-refractivity contribution in [2.45, 2.75) is 0 Å². The maximum absolute atomic E-state index is 11.4. The van der Waals surface area contributed by atoms with Crippen molar-refractivity contribution in [1.29, 1.82) is 0 Å². The fourth-order valence-corrected chi connectivity index (χ4v) is 1.24. The second-order valence-electron chi connectivity index (χ2n) is 3.15. The van der Waals surface area contributed by atoms with E-state index in [0.717, 1.165) is 0 Å². The van der Waals surface area contributed by atoms with Crippen LogP contribution in [0.25, 0.3) is 0 Å². The van der Waals surface area contributed by atoms with Crippen LogP contribution in [0.5, 0.6) is 11.5 Å². The zero-order chi connectivity index (χ0) is 11.2. The van der Waals surface area contributed by atoms with Crippen molar-refractivity contribution in [3.63, 3.8) is 0 Å². The molecule has 17 heavy (non-hydrogen) atoms. The molecule has 5 heteroatoms. The Morgan fingerprint density at radius 2 is 1.06 bits per heavy atom. The predicted molar refractivity (Wildman–Crippen MR) is 65.9 cm³/mol. The predicted octanol–water partition coefficient (Wildman–Crippen LogP) is 1.87. The average molecular weight is 231 g/mol. The third-order valence-corrected chi connectivity index (χ3v) is 1.95. The van der Waals surface area contributed by atoms with E-state index in [1.165, 1.54) is 0 Å². The van der Waals surface area contributed by atoms with Gasteiger partial charge in [-0.2, -0.15) is 0 Å². The maximum atomic E-state index is 11.4. The van der Waals surface area contributed by atoms with Gasteiger partial charge in [0, 0.05) is 0 Å². The van der Waals surface area contributed by atoms with Gasteiger partial charge < -0.3 is 20.5 Å². The highest BCUT2D eigenvalue weighted by molar-refractivity contribution is 6.34. The third kappa shape index (κ3) is 4.18. The second kappa shape index (κ2) is 6.57. The molecule has 0 unspecified atom stereocenters. The summed E-state index contributed by atoms with van der Waals surface area (Å²) in [5.74, 6) is 0.997. The first-order chi connectivity index (χ1) is 7.84. The lowest BCUT2D eigenvalue weighted by Crippen LogP contribution is -2.43. The smallest absolute Gasteiger partial charge is 0.492 e. The molecule has 0 amide bonds. The van der Waals surface area contributed by atoms with Crippen molar-refractivity contribution >= 4 is 7.32 Å². The van der Waals surface area contributed by atoms with Gasteiger partial charge in [-0.25, -0.2) is 0 Å². The molecule has 0 bridgehead atoms. The quantitative estimate of drug-likeness (QED) is 0.815. The summed E-state index contributed by atoms with van der Waals surface area (Å²) < 4.78 is 10.1. The second-order valence-corrected chi connectivity index (χ2v) is 3.15. The fourth-order valence-electron chi connectivity index (χ4n) is 1.24. The van der Waals surface area contributed by atoms with Gasteiger partial charge in [-0.1, -0.05) is 36.4 Å². The van der Waals surface area contributed by atoms with Gasteiger partial charge in [0.05, 0.1) is 0 Å². The number of rotatable bonds is 4. The van der Waals surface area contributed by atoms with Gasteiger partial charge in [-0.05, 0) is 24.3 Å². The van der Waals surface area contributed by atoms with Crippen LogP contribution >= 0.6 is 0 Å². The molecular formula is C12H14BNO3. The van der Waals surface area contributed by atoms with Crippen molar-refractivity contribution in [3.05, 3.63) is 60.7 Å². The van der Waals surface area contributed by atoms with Crippen LogP contribution < -0.4 is 20.5 Å². The summed E-state index contributed by atoms with van der Waals surface area (Å²) in [5, 5.41) is 11.4. The van der Waals surface area contributed by atoms with Gasteiger partial charge >= 0.3 is 7.32 Å². The van der Waals surface area contributed by atoms with Crippen LogP contribution in [0, 0.1) is 0 Å². The SMILES string of the molecule is [NH4+].[O-]B(Oc1ccccc1)Oc1ccccc1. The molecular weight excluding hydrogens is 217 g/mol. The maximum Gasteiger partial charge on any atom is 0.492 e. The monoisotopic (exact) mass is 231 g/mol. The zero-order valence-electron chi connectivity index (χ0n) is 9.58. The molecule has 0 aromatic heterocycles. The summed E-state index contributed by atoms with van der Waals surface area (Å²) in [6.45, 7) is 0. The average Bonchev–Trinajstić information content (AvgIpc) is 2.31. The van der Waals surface area contributed by atoms with E-state index in [9.17, 15) is 5.02 Å². The first kappa shape index (κ1) is 13.1. The molecule has 0 aliphatic rings. The minimum absolute atomic E-state index is 0. The molecule has 0 aliphatic heterocycles. The van der Waals surface area contributed by atoms with Gasteiger partial charge in [0.15, 0.2) is 0 Å². The van der Waals surface area contributed by atoms with E-state index in [1.54, 1.807) is 48.5 Å². The number of para-hydroxylation sites is 2. The first-order valence-electron chi connectivity index (χ1n) is 4.94. The van der Waals surface area contributed by atoms with Crippen LogP contribution in [-0.2, 0) is 0 Å². The van der Waals surface area contributed by atoms with Crippen LogP contribution in [0.1, 0.15) is 0 Å². The molecule has 2 rings (SSSR count). The van der Waals surface area contributed by atoms with Crippen molar-refractivity contribution in [1.82, 2.24) is 6.15 Å². The molecule has 0 fully saturated rings. The lowest BCUT2D eigenvalue weighted by Gasteiger charge is -2.20. The third-order valence-electron chi connectivity index (χ3n) is 1.95. The van der Waals surface area contributed by atoms with Crippen LogP contribution in [0.3, 0.4) is 0 Å². The van der Waals surface area contributed by atoms with Crippen molar-refractivity contribution in [2.24, 2.45) is 0 Å². The van der Waals surface area contributed by atoms with Gasteiger partial charge in [0.1, 0.15) is 11.5 Å². The number of benzene rings is 2. The Hall–Kier alpha value is -1.98. The lowest BCUT2D eigenvalue weighted by atomic mass is 10.2. The summed E-state index contributed by atoms with van der Waals surface area (Å²) in [5.41, 5.74) is 0. The molecule has 4 nitrogen and oxygen atoms in total. The molecule has 0 saturated heterocycles. The summed E-state index contributed by atoms with van der Waals surface area (Å²) in [4.78, 5) is 0. The van der Waals surface area contributed by atoms with E-state index >= 15 is 0 Å². The normalized spacial score (nSPS) is 9.00. The van der Waals surface area contributed by atoms with E-state index in [0.29, 0.717) is 11.5 Å². The van der Waals surface area contributed by atoms with E-state index < -0.39 is 7.32 Å². The van der Waals surface area contributed by atoms with E-state index in [1.807, 2.05) is 12.1 Å². The van der Waals surface area contributed by atoms with Crippen LogP contribution in [-0.4, -0.2) is 7.32 Å². The van der Waals surface area contributed by atoms with E-state index in [4.69, 9.17) is 9.31 Å². The summed E-state index contributed by atoms with van der Waals surface area (Å²) in [6, 6.07) is 17.7. The topological polar surface area (TPSA) is 78.0 Å². The minimum Gasteiger partial charge on any atom is -0.808 e. The Balaban J connectivity index is 0.00000144. The molecule has 2 aromatic rings. The molecule has 4 N–H and O–H groups in total. The van der Waals surface area contributed by atoms with Gasteiger partial charge in [-0.3, -0.25) is 0 Å². The Morgan fingerprint density at radius 3 is 1.41 bits per heavy atom. The van der Waals surface area contributed by atoms with Crippen molar-refractivity contribution in [3.8, 4) is 11.5 Å². The molecule has 0 radical (unpaired) electrons. The lowest BCUT2D eigenvalue weighted by molar-refractivity contribution is -0.235. The summed E-state index contributed by atoms with van der Waals surface area (Å²) >= 11 is 0. The molecule has 0 aliphatic carbocycles. The van der Waals surface area contributed by atoms with Crippen molar-refractivity contribution in [2.75, 3.05) is 0 Å². The minimum atomic E-state index is -1.55. The van der Waals surface area contributed by atoms with Gasteiger partial charge in [0.25, 0.3) is 0 Å². The largest absolute Gasteiger partial charge is 0.808 e. The Kier molecular flexibility index (Phi) is 5.06. The molecule has 0 spiro atoms. The number of quaternary nitrogens is 1. The highest BCUT2D eigenvalue weighted by Crippen LogP contribution is 2.12. The zero-order valence-corrected chi connectivity index (χ0v) is 9.58. The molecule has 2 aromatic carbocycles. The molecule has 0 saturated carbocycles.